The minimum absolute atomic E-state index is 0.0209. The quantitative estimate of drug-likeness (QED) is 0.0890. The molecular formula is C50H64N8O8. The zero-order valence-electron chi connectivity index (χ0n) is 39.5. The van der Waals surface area contributed by atoms with Gasteiger partial charge in [0, 0.05) is 23.0 Å². The van der Waals surface area contributed by atoms with Crippen LogP contribution >= 0.6 is 0 Å². The van der Waals surface area contributed by atoms with Crippen molar-refractivity contribution in [3.05, 3.63) is 65.9 Å². The number of imidazole rings is 2. The van der Waals surface area contributed by atoms with Gasteiger partial charge in [-0.3, -0.25) is 9.59 Å². The van der Waals surface area contributed by atoms with Crippen LogP contribution < -0.4 is 15.4 Å². The monoisotopic (exact) mass is 904 g/mol. The fraction of sp³-hybridized carbons (Fsp3) is 0.520. The molecule has 3 aliphatic rings. The maximum absolute atomic E-state index is 14.6. The van der Waals surface area contributed by atoms with E-state index in [1.165, 1.54) is 14.2 Å². The summed E-state index contributed by atoms with van der Waals surface area (Å²) in [5, 5.41) is 7.59. The normalized spacial score (nSPS) is 21.7. The van der Waals surface area contributed by atoms with Gasteiger partial charge in [0.1, 0.15) is 36.1 Å². The third-order valence-corrected chi connectivity index (χ3v) is 13.7. The first-order chi connectivity index (χ1) is 31.7. The predicted octanol–water partition coefficient (Wildman–Crippen LogP) is 8.54. The van der Waals surface area contributed by atoms with Gasteiger partial charge in [-0.1, -0.05) is 45.4 Å². The van der Waals surface area contributed by atoms with E-state index >= 15 is 0 Å². The Morgan fingerprint density at radius 3 is 2.38 bits per heavy atom. The molecule has 8 rings (SSSR count). The summed E-state index contributed by atoms with van der Waals surface area (Å²) in [6.07, 6.45) is 4.98. The number of nitrogens with one attached hydrogen (secondary N) is 4. The molecule has 4 amide bonds. The third-order valence-electron chi connectivity index (χ3n) is 13.7. The molecule has 5 heterocycles. The molecule has 66 heavy (non-hydrogen) atoms. The number of H-pyrrole nitrogens is 2. The number of hydrogen-bond acceptors (Lipinski definition) is 10. The molecule has 0 saturated carbocycles. The smallest absolute Gasteiger partial charge is 0.407 e. The van der Waals surface area contributed by atoms with Gasteiger partial charge in [-0.25, -0.2) is 19.6 Å². The number of benzene rings is 3. The lowest BCUT2D eigenvalue weighted by atomic mass is 9.85. The molecule has 16 nitrogen and oxygen atoms in total. The molecule has 0 bridgehead atoms. The van der Waals surface area contributed by atoms with E-state index in [2.05, 4.69) is 63.9 Å². The first-order valence-corrected chi connectivity index (χ1v) is 23.4. The van der Waals surface area contributed by atoms with Crippen LogP contribution in [0.1, 0.15) is 110 Å². The number of likely N-dealkylation sites (tertiary alicyclic amines) is 1. The van der Waals surface area contributed by atoms with Gasteiger partial charge in [-0.2, -0.15) is 0 Å². The SMILES string of the molecule is CCC[C@H](C)N(Cc1nc2ccc3cc4c(cc3c2[nH]1)OCc1cc(-c2cnc([C@@H]3CC[C@H](C)N3C(=O)[C@@H](NC(=O)OC)C(C)C)[nH]2)ccc1-4)C(=O)[C@H](NC(=O)OC)C1C[C@@H](C)O[C@H](C)C1. The maximum Gasteiger partial charge on any atom is 0.407 e. The summed E-state index contributed by atoms with van der Waals surface area (Å²) < 4.78 is 22.3. The van der Waals surface area contributed by atoms with E-state index < -0.39 is 24.3 Å². The van der Waals surface area contributed by atoms with Crippen LogP contribution in [-0.2, 0) is 37.0 Å². The van der Waals surface area contributed by atoms with Crippen LogP contribution in [0, 0.1) is 11.8 Å². The van der Waals surface area contributed by atoms with Crippen LogP contribution in [0.3, 0.4) is 0 Å². The van der Waals surface area contributed by atoms with Crippen molar-refractivity contribution in [2.24, 2.45) is 11.8 Å². The number of nitrogens with zero attached hydrogens (tertiary/aromatic N) is 4. The first-order valence-electron chi connectivity index (χ1n) is 23.4. The number of alkyl carbamates (subject to hydrolysis) is 2. The highest BCUT2D eigenvalue weighted by atomic mass is 16.5. The Morgan fingerprint density at radius 1 is 0.924 bits per heavy atom. The van der Waals surface area contributed by atoms with Gasteiger partial charge in [0.15, 0.2) is 0 Å². The van der Waals surface area contributed by atoms with Gasteiger partial charge in [-0.05, 0) is 118 Å². The molecular weight excluding hydrogens is 841 g/mol. The fourth-order valence-electron chi connectivity index (χ4n) is 10.4. The summed E-state index contributed by atoms with van der Waals surface area (Å²) in [6, 6.07) is 12.7. The molecule has 0 spiro atoms. The summed E-state index contributed by atoms with van der Waals surface area (Å²) in [6.45, 7) is 14.6. The Balaban J connectivity index is 1.04. The van der Waals surface area contributed by atoms with Crippen molar-refractivity contribution in [2.75, 3.05) is 14.2 Å². The average molecular weight is 905 g/mol. The van der Waals surface area contributed by atoms with Crippen molar-refractivity contribution in [3.8, 4) is 28.1 Å². The highest BCUT2D eigenvalue weighted by Gasteiger charge is 2.42. The fourth-order valence-corrected chi connectivity index (χ4v) is 10.4. The van der Waals surface area contributed by atoms with Crippen molar-refractivity contribution >= 4 is 45.8 Å². The minimum atomic E-state index is -0.777. The van der Waals surface area contributed by atoms with E-state index in [4.69, 9.17) is 28.9 Å². The summed E-state index contributed by atoms with van der Waals surface area (Å²) in [7, 11) is 2.61. The molecule has 3 aromatic carbocycles. The highest BCUT2D eigenvalue weighted by molar-refractivity contribution is 6.07. The zero-order valence-corrected chi connectivity index (χ0v) is 39.5. The molecule has 0 unspecified atom stereocenters. The van der Waals surface area contributed by atoms with Crippen molar-refractivity contribution < 1.29 is 38.1 Å². The lowest BCUT2D eigenvalue weighted by Gasteiger charge is -2.39. The van der Waals surface area contributed by atoms with E-state index in [9.17, 15) is 19.2 Å². The van der Waals surface area contributed by atoms with Crippen LogP contribution in [0.4, 0.5) is 9.59 Å². The molecule has 2 saturated heterocycles. The number of aromatic amines is 2. The zero-order chi connectivity index (χ0) is 47.0. The van der Waals surface area contributed by atoms with Gasteiger partial charge < -0.3 is 49.3 Å². The van der Waals surface area contributed by atoms with Crippen LogP contribution in [-0.4, -0.2) is 104 Å². The number of ether oxygens (including phenoxy) is 4. The predicted molar refractivity (Wildman–Crippen MR) is 250 cm³/mol. The lowest BCUT2D eigenvalue weighted by Crippen LogP contribution is -2.56. The van der Waals surface area contributed by atoms with Crippen LogP contribution in [0.25, 0.3) is 44.2 Å². The van der Waals surface area contributed by atoms with E-state index in [1.54, 1.807) is 0 Å². The Kier molecular flexibility index (Phi) is 13.6. The molecule has 0 aliphatic carbocycles. The van der Waals surface area contributed by atoms with Crippen molar-refractivity contribution in [1.29, 1.82) is 0 Å². The van der Waals surface area contributed by atoms with Crippen molar-refractivity contribution in [1.82, 2.24) is 40.4 Å². The van der Waals surface area contributed by atoms with Crippen LogP contribution in [0.5, 0.6) is 5.75 Å². The average Bonchev–Trinajstić information content (AvgIpc) is 4.06. The number of carbonyl (C=O) groups excluding carboxylic acids is 4. The van der Waals surface area contributed by atoms with E-state index in [-0.39, 0.29) is 60.5 Å². The molecule has 7 atom stereocenters. The Labute approximate surface area is 385 Å². The number of rotatable bonds is 13. The standard InChI is InChI=1S/C50H64N8O8/c1-10-11-27(4)57(47(59)44(56-50(62)64-9)33-18-29(6)66-30(7)19-33)24-42-52-38-16-14-31-21-37-35-15-13-32(20-34(35)25-65-41(37)22-36(31)45(38)54-42)39-23-51-46(53-39)40-17-12-28(5)58(40)48(60)43(26(2)3)55-49(61)63-8/h13-16,20-23,26-30,33,40,43-44H,10-12,17-19,24-25H2,1-9H3,(H,51,53)(H,52,54)(H,55,61)(H,56,62)/t27-,28-,29+,30+,40-,43-,44+/m0/s1. The van der Waals surface area contributed by atoms with Crippen molar-refractivity contribution in [3.63, 3.8) is 0 Å². The maximum atomic E-state index is 14.6. The highest BCUT2D eigenvalue weighted by Crippen LogP contribution is 2.43. The van der Waals surface area contributed by atoms with Crippen molar-refractivity contribution in [2.45, 2.75) is 143 Å². The minimum Gasteiger partial charge on any atom is -0.488 e. The van der Waals surface area contributed by atoms with E-state index in [0.29, 0.717) is 31.1 Å². The Bertz CT molecular complexity index is 2600. The molecule has 4 N–H and O–H groups in total. The van der Waals surface area contributed by atoms with Gasteiger partial charge in [0.2, 0.25) is 11.8 Å². The van der Waals surface area contributed by atoms with Gasteiger partial charge in [0.25, 0.3) is 0 Å². The second kappa shape index (κ2) is 19.4. The van der Waals surface area contributed by atoms with Gasteiger partial charge in [-0.15, -0.1) is 0 Å². The second-order valence-electron chi connectivity index (χ2n) is 18.8. The number of aromatic nitrogens is 4. The summed E-state index contributed by atoms with van der Waals surface area (Å²) in [5.41, 5.74) is 6.52. The molecule has 352 valence electrons. The number of carbonyl (C=O) groups is 4. The number of amides is 4. The van der Waals surface area contributed by atoms with E-state index in [0.717, 1.165) is 81.2 Å². The number of methoxy groups -OCH3 is 2. The molecule has 2 aromatic heterocycles. The Hall–Kier alpha value is -6.16. The number of fused-ring (bicyclic) bond motifs is 6. The molecule has 16 heteroatoms. The molecule has 3 aliphatic heterocycles. The topological polar surface area (TPSA) is 193 Å². The van der Waals surface area contributed by atoms with E-state index in [1.807, 2.05) is 63.6 Å². The first kappa shape index (κ1) is 46.4. The molecule has 2 fully saturated rings. The summed E-state index contributed by atoms with van der Waals surface area (Å²) in [4.78, 5) is 73.8. The largest absolute Gasteiger partial charge is 0.488 e. The number of hydrogen-bond donors (Lipinski definition) is 4. The Morgan fingerprint density at radius 2 is 1.67 bits per heavy atom. The lowest BCUT2D eigenvalue weighted by molar-refractivity contribution is -0.140. The van der Waals surface area contributed by atoms with Crippen LogP contribution in [0.15, 0.2) is 48.7 Å². The van der Waals surface area contributed by atoms with Gasteiger partial charge in [0.05, 0.1) is 61.9 Å². The van der Waals surface area contributed by atoms with Crippen LogP contribution in [0.2, 0.25) is 0 Å². The second-order valence-corrected chi connectivity index (χ2v) is 18.8. The molecule has 0 radical (unpaired) electrons. The molecule has 5 aromatic rings. The summed E-state index contributed by atoms with van der Waals surface area (Å²) in [5.74, 6) is 1.55. The summed E-state index contributed by atoms with van der Waals surface area (Å²) >= 11 is 0. The third kappa shape index (κ3) is 9.29. The van der Waals surface area contributed by atoms with Gasteiger partial charge >= 0.3 is 12.2 Å².